The summed E-state index contributed by atoms with van der Waals surface area (Å²) in [6, 6.07) is 15.1. The summed E-state index contributed by atoms with van der Waals surface area (Å²) < 4.78 is 0. The van der Waals surface area contributed by atoms with Gasteiger partial charge in [0.05, 0.1) is 6.10 Å². The van der Waals surface area contributed by atoms with Crippen LogP contribution in [-0.2, 0) is 12.8 Å². The van der Waals surface area contributed by atoms with Crippen LogP contribution in [0.4, 0.5) is 0 Å². The molecule has 0 saturated heterocycles. The van der Waals surface area contributed by atoms with Gasteiger partial charge in [0.25, 0.3) is 0 Å². The van der Waals surface area contributed by atoms with Gasteiger partial charge in [0.2, 0.25) is 0 Å². The number of hydrogen-bond acceptors (Lipinski definition) is 1. The monoisotopic (exact) mass is 264 g/mol. The molecule has 0 saturated carbocycles. The standard InChI is InChI=1S/C19H20O/c1-12-5-4-6-13-9-14-10-19(20)16-8-3-2-7-15(16)18(14)11-17(12)13/h2-8,14,18-20H,9-11H2,1H3. The van der Waals surface area contributed by atoms with E-state index < -0.39 is 0 Å². The highest BCUT2D eigenvalue weighted by Crippen LogP contribution is 2.47. The predicted octanol–water partition coefficient (Wildman–Crippen LogP) is 3.93. The quantitative estimate of drug-likeness (QED) is 0.764. The molecule has 0 fully saturated rings. The van der Waals surface area contributed by atoms with Crippen molar-refractivity contribution in [3.8, 4) is 0 Å². The smallest absolute Gasteiger partial charge is 0.0795 e. The van der Waals surface area contributed by atoms with Crippen LogP contribution in [0.25, 0.3) is 0 Å². The topological polar surface area (TPSA) is 20.2 Å². The normalized spacial score (nSPS) is 27.4. The van der Waals surface area contributed by atoms with Gasteiger partial charge in [0, 0.05) is 0 Å². The second kappa shape index (κ2) is 4.46. The first-order chi connectivity index (χ1) is 9.74. The van der Waals surface area contributed by atoms with E-state index >= 15 is 0 Å². The van der Waals surface area contributed by atoms with Gasteiger partial charge in [0.15, 0.2) is 0 Å². The fraction of sp³-hybridized carbons (Fsp3) is 0.368. The van der Waals surface area contributed by atoms with E-state index in [9.17, 15) is 5.11 Å². The van der Waals surface area contributed by atoms with Gasteiger partial charge in [-0.3, -0.25) is 0 Å². The van der Waals surface area contributed by atoms with E-state index in [-0.39, 0.29) is 6.10 Å². The molecule has 0 bridgehead atoms. The lowest BCUT2D eigenvalue weighted by atomic mass is 9.65. The molecule has 0 aliphatic heterocycles. The first-order valence-electron chi connectivity index (χ1n) is 7.58. The lowest BCUT2D eigenvalue weighted by Crippen LogP contribution is -2.31. The zero-order chi connectivity index (χ0) is 13.7. The first-order valence-corrected chi connectivity index (χ1v) is 7.58. The third kappa shape index (κ3) is 1.73. The Hall–Kier alpha value is -1.60. The average molecular weight is 264 g/mol. The van der Waals surface area contributed by atoms with Crippen LogP contribution in [0.1, 0.15) is 46.3 Å². The summed E-state index contributed by atoms with van der Waals surface area (Å²) in [4.78, 5) is 0. The highest BCUT2D eigenvalue weighted by Gasteiger charge is 2.37. The van der Waals surface area contributed by atoms with Gasteiger partial charge in [-0.25, -0.2) is 0 Å². The number of fused-ring (bicyclic) bond motifs is 4. The van der Waals surface area contributed by atoms with Crippen molar-refractivity contribution in [2.75, 3.05) is 0 Å². The number of aryl methyl sites for hydroxylation is 1. The summed E-state index contributed by atoms with van der Waals surface area (Å²) >= 11 is 0. The SMILES string of the molecule is Cc1cccc2c1CC1c3ccccc3C(O)CC1C2. The highest BCUT2D eigenvalue weighted by molar-refractivity contribution is 5.43. The second-order valence-electron chi connectivity index (χ2n) is 6.37. The number of benzene rings is 2. The minimum absolute atomic E-state index is 0.279. The van der Waals surface area contributed by atoms with E-state index in [1.54, 1.807) is 5.56 Å². The van der Waals surface area contributed by atoms with Gasteiger partial charge in [-0.1, -0.05) is 42.5 Å². The van der Waals surface area contributed by atoms with Crippen molar-refractivity contribution in [1.29, 1.82) is 0 Å². The lowest BCUT2D eigenvalue weighted by molar-refractivity contribution is 0.117. The Morgan fingerprint density at radius 2 is 1.75 bits per heavy atom. The molecule has 2 aliphatic rings. The van der Waals surface area contributed by atoms with Gasteiger partial charge in [0.1, 0.15) is 0 Å². The van der Waals surface area contributed by atoms with Crippen LogP contribution < -0.4 is 0 Å². The fourth-order valence-corrected chi connectivity index (χ4v) is 4.23. The molecule has 3 unspecified atom stereocenters. The Morgan fingerprint density at radius 3 is 2.60 bits per heavy atom. The maximum atomic E-state index is 10.4. The Bertz CT molecular complexity index is 659. The summed E-state index contributed by atoms with van der Waals surface area (Å²) in [5.41, 5.74) is 7.00. The average Bonchev–Trinajstić information content (AvgIpc) is 2.47. The molecular weight excluding hydrogens is 244 g/mol. The van der Waals surface area contributed by atoms with Gasteiger partial charge >= 0.3 is 0 Å². The lowest BCUT2D eigenvalue weighted by Gasteiger charge is -2.40. The van der Waals surface area contributed by atoms with Crippen LogP contribution in [0.2, 0.25) is 0 Å². The van der Waals surface area contributed by atoms with Crippen LogP contribution in [-0.4, -0.2) is 5.11 Å². The Morgan fingerprint density at radius 1 is 0.950 bits per heavy atom. The summed E-state index contributed by atoms with van der Waals surface area (Å²) in [5, 5.41) is 10.4. The molecule has 4 rings (SSSR count). The molecule has 0 radical (unpaired) electrons. The largest absolute Gasteiger partial charge is 0.388 e. The molecule has 1 heteroatoms. The Labute approximate surface area is 120 Å². The molecule has 0 heterocycles. The van der Waals surface area contributed by atoms with Crippen LogP contribution >= 0.6 is 0 Å². The summed E-state index contributed by atoms with van der Waals surface area (Å²) in [7, 11) is 0. The first kappa shape index (κ1) is 12.2. The maximum Gasteiger partial charge on any atom is 0.0795 e. The fourth-order valence-electron chi connectivity index (χ4n) is 4.23. The molecule has 102 valence electrons. The third-order valence-electron chi connectivity index (χ3n) is 5.26. The molecule has 0 spiro atoms. The van der Waals surface area contributed by atoms with Gasteiger partial charge in [-0.05, 0) is 65.8 Å². The van der Waals surface area contributed by atoms with Crippen molar-refractivity contribution in [2.24, 2.45) is 5.92 Å². The van der Waals surface area contributed by atoms with E-state index in [1.807, 2.05) is 6.07 Å². The van der Waals surface area contributed by atoms with E-state index in [0.29, 0.717) is 11.8 Å². The van der Waals surface area contributed by atoms with Crippen LogP contribution in [0.15, 0.2) is 42.5 Å². The van der Waals surface area contributed by atoms with Crippen molar-refractivity contribution < 1.29 is 5.11 Å². The van der Waals surface area contributed by atoms with Gasteiger partial charge in [-0.15, -0.1) is 0 Å². The summed E-state index contributed by atoms with van der Waals surface area (Å²) in [5.74, 6) is 1.18. The molecule has 3 atom stereocenters. The molecule has 2 aromatic carbocycles. The predicted molar refractivity (Wildman–Crippen MR) is 80.8 cm³/mol. The number of hydrogen-bond donors (Lipinski definition) is 1. The minimum Gasteiger partial charge on any atom is -0.388 e. The van der Waals surface area contributed by atoms with E-state index in [0.717, 1.165) is 24.8 Å². The van der Waals surface area contributed by atoms with Gasteiger partial charge < -0.3 is 5.11 Å². The van der Waals surface area contributed by atoms with Crippen LogP contribution in [0.5, 0.6) is 0 Å². The van der Waals surface area contributed by atoms with Gasteiger partial charge in [-0.2, -0.15) is 0 Å². The van der Waals surface area contributed by atoms with Crippen molar-refractivity contribution in [3.05, 3.63) is 70.3 Å². The van der Waals surface area contributed by atoms with E-state index in [1.165, 1.54) is 16.7 Å². The zero-order valence-electron chi connectivity index (χ0n) is 11.8. The molecular formula is C19H20O. The molecule has 2 aromatic rings. The van der Waals surface area contributed by atoms with Crippen LogP contribution in [0.3, 0.4) is 0 Å². The molecule has 1 nitrogen and oxygen atoms in total. The van der Waals surface area contributed by atoms with E-state index in [4.69, 9.17) is 0 Å². The minimum atomic E-state index is -0.279. The zero-order valence-corrected chi connectivity index (χ0v) is 11.8. The number of aliphatic hydroxyl groups is 1. The second-order valence-corrected chi connectivity index (χ2v) is 6.37. The summed E-state index contributed by atoms with van der Waals surface area (Å²) in [6.45, 7) is 2.22. The highest BCUT2D eigenvalue weighted by atomic mass is 16.3. The Kier molecular flexibility index (Phi) is 2.71. The molecule has 2 aliphatic carbocycles. The molecule has 20 heavy (non-hydrogen) atoms. The van der Waals surface area contributed by atoms with Crippen molar-refractivity contribution in [3.63, 3.8) is 0 Å². The maximum absolute atomic E-state index is 10.4. The molecule has 0 aromatic heterocycles. The Balaban J connectivity index is 1.82. The summed E-state index contributed by atoms with van der Waals surface area (Å²) in [6.07, 6.45) is 2.89. The third-order valence-corrected chi connectivity index (χ3v) is 5.26. The number of aliphatic hydroxyl groups excluding tert-OH is 1. The van der Waals surface area contributed by atoms with E-state index in [2.05, 4.69) is 43.3 Å². The molecule has 1 N–H and O–H groups in total. The van der Waals surface area contributed by atoms with Crippen LogP contribution in [0, 0.1) is 12.8 Å². The molecule has 0 amide bonds. The van der Waals surface area contributed by atoms with Crippen molar-refractivity contribution >= 4 is 0 Å². The number of rotatable bonds is 0. The van der Waals surface area contributed by atoms with Crippen molar-refractivity contribution in [1.82, 2.24) is 0 Å². The van der Waals surface area contributed by atoms with Crippen molar-refractivity contribution in [2.45, 2.75) is 38.2 Å².